The van der Waals surface area contributed by atoms with Gasteiger partial charge in [-0.2, -0.15) is 0 Å². The Morgan fingerprint density at radius 2 is 2.35 bits per heavy atom. The Labute approximate surface area is 97.8 Å². The first kappa shape index (κ1) is 11.8. The molecule has 1 amide bonds. The van der Waals surface area contributed by atoms with Gasteiger partial charge in [-0.15, -0.1) is 5.10 Å². The van der Waals surface area contributed by atoms with Gasteiger partial charge in [0, 0.05) is 0 Å². The lowest BCUT2D eigenvalue weighted by Gasteiger charge is -2.17. The molecule has 1 atom stereocenters. The summed E-state index contributed by atoms with van der Waals surface area (Å²) < 4.78 is 12.4. The van der Waals surface area contributed by atoms with Crippen molar-refractivity contribution in [3.63, 3.8) is 0 Å². The highest BCUT2D eigenvalue weighted by Gasteiger charge is 2.33. The number of primary amides is 1. The summed E-state index contributed by atoms with van der Waals surface area (Å²) >= 11 is 0. The molecule has 94 valence electrons. The first-order valence-electron chi connectivity index (χ1n) is 5.19. The maximum absolute atomic E-state index is 10.9. The van der Waals surface area contributed by atoms with E-state index in [0.29, 0.717) is 13.2 Å². The summed E-state index contributed by atoms with van der Waals surface area (Å²) in [5.74, 6) is -1.16. The zero-order chi connectivity index (χ0) is 12.6. The van der Waals surface area contributed by atoms with E-state index in [-0.39, 0.29) is 17.6 Å². The molecule has 8 heteroatoms. The van der Waals surface area contributed by atoms with E-state index in [0.717, 1.165) is 0 Å². The molecule has 1 saturated heterocycles. The number of nitrogens with two attached hydrogens (primary N) is 2. The molecule has 1 aromatic heterocycles. The molecule has 8 nitrogen and oxygen atoms in total. The predicted molar refractivity (Wildman–Crippen MR) is 57.9 cm³/mol. The van der Waals surface area contributed by atoms with Crippen molar-refractivity contribution in [3.8, 4) is 0 Å². The lowest BCUT2D eigenvalue weighted by Crippen LogP contribution is -2.25. The Balaban J connectivity index is 2.08. The van der Waals surface area contributed by atoms with E-state index in [1.54, 1.807) is 0 Å². The van der Waals surface area contributed by atoms with Crippen molar-refractivity contribution in [1.82, 2.24) is 15.0 Å². The van der Waals surface area contributed by atoms with Crippen molar-refractivity contribution >= 4 is 11.7 Å². The Kier molecular flexibility index (Phi) is 2.76. The number of hydrogen-bond donors (Lipinski definition) is 2. The van der Waals surface area contributed by atoms with E-state index in [9.17, 15) is 4.79 Å². The zero-order valence-corrected chi connectivity index (χ0v) is 9.71. The van der Waals surface area contributed by atoms with Gasteiger partial charge < -0.3 is 20.9 Å². The van der Waals surface area contributed by atoms with Crippen molar-refractivity contribution in [2.24, 2.45) is 5.73 Å². The monoisotopic (exact) mass is 241 g/mol. The summed E-state index contributed by atoms with van der Waals surface area (Å²) in [6.45, 7) is 4.47. The lowest BCUT2D eigenvalue weighted by atomic mass is 10.3. The summed E-state index contributed by atoms with van der Waals surface area (Å²) in [4.78, 5) is 10.9. The van der Waals surface area contributed by atoms with Crippen LogP contribution in [0.4, 0.5) is 5.82 Å². The van der Waals surface area contributed by atoms with Gasteiger partial charge in [-0.05, 0) is 13.8 Å². The fraction of sp³-hybridized carbons (Fsp3) is 0.667. The number of carbonyl (C=O) groups is 1. The minimum Gasteiger partial charge on any atom is -0.382 e. The van der Waals surface area contributed by atoms with E-state index in [2.05, 4.69) is 10.3 Å². The van der Waals surface area contributed by atoms with Gasteiger partial charge in [-0.1, -0.05) is 5.21 Å². The third kappa shape index (κ3) is 2.37. The van der Waals surface area contributed by atoms with Gasteiger partial charge in [-0.3, -0.25) is 4.79 Å². The molecule has 17 heavy (non-hydrogen) atoms. The highest BCUT2D eigenvalue weighted by Crippen LogP contribution is 2.23. The summed E-state index contributed by atoms with van der Waals surface area (Å²) in [6, 6.07) is 0. The van der Waals surface area contributed by atoms with Crippen molar-refractivity contribution in [2.75, 3.05) is 12.3 Å². The molecule has 4 N–H and O–H groups in total. The van der Waals surface area contributed by atoms with Crippen LogP contribution in [0.25, 0.3) is 0 Å². The zero-order valence-electron chi connectivity index (χ0n) is 9.71. The lowest BCUT2D eigenvalue weighted by molar-refractivity contribution is -0.139. The minimum absolute atomic E-state index is 0.0248. The van der Waals surface area contributed by atoms with Crippen molar-refractivity contribution in [3.05, 3.63) is 5.69 Å². The molecule has 1 aliphatic heterocycles. The van der Waals surface area contributed by atoms with Gasteiger partial charge in [0.25, 0.3) is 5.91 Å². The van der Waals surface area contributed by atoms with E-state index in [4.69, 9.17) is 20.9 Å². The summed E-state index contributed by atoms with van der Waals surface area (Å²) in [7, 11) is 0. The SMILES string of the molecule is CC1(C)OCC(Cn2nnc(C(N)=O)c2N)O1. The molecule has 0 saturated carbocycles. The number of rotatable bonds is 3. The topological polar surface area (TPSA) is 118 Å². The minimum atomic E-state index is -0.697. The van der Waals surface area contributed by atoms with Crippen LogP contribution in [0.3, 0.4) is 0 Å². The summed E-state index contributed by atoms with van der Waals surface area (Å²) in [5.41, 5.74) is 10.8. The summed E-state index contributed by atoms with van der Waals surface area (Å²) in [5, 5.41) is 7.36. The first-order chi connectivity index (χ1) is 7.89. The maximum atomic E-state index is 10.9. The molecule has 1 aromatic rings. The third-order valence-electron chi connectivity index (χ3n) is 2.45. The quantitative estimate of drug-likeness (QED) is 0.708. The second kappa shape index (κ2) is 3.97. The number of nitrogens with zero attached hydrogens (tertiary/aromatic N) is 3. The van der Waals surface area contributed by atoms with Crippen LogP contribution in [-0.4, -0.2) is 39.4 Å². The number of ether oxygens (including phenoxy) is 2. The maximum Gasteiger partial charge on any atom is 0.273 e. The number of nitrogen functional groups attached to an aromatic ring is 1. The number of hydrogen-bond acceptors (Lipinski definition) is 6. The smallest absolute Gasteiger partial charge is 0.273 e. The molecule has 1 fully saturated rings. The van der Waals surface area contributed by atoms with Gasteiger partial charge in [-0.25, -0.2) is 4.68 Å². The molecule has 0 aromatic carbocycles. The average molecular weight is 241 g/mol. The van der Waals surface area contributed by atoms with Crippen LogP contribution in [0, 0.1) is 0 Å². The second-order valence-corrected chi connectivity index (χ2v) is 4.32. The molecule has 2 rings (SSSR count). The third-order valence-corrected chi connectivity index (χ3v) is 2.45. The van der Waals surface area contributed by atoms with Gasteiger partial charge in [0.2, 0.25) is 0 Å². The number of carbonyl (C=O) groups excluding carboxylic acids is 1. The van der Waals surface area contributed by atoms with E-state index in [1.807, 2.05) is 13.8 Å². The van der Waals surface area contributed by atoms with E-state index < -0.39 is 11.7 Å². The van der Waals surface area contributed by atoms with Gasteiger partial charge in [0.05, 0.1) is 13.2 Å². The van der Waals surface area contributed by atoms with Crippen molar-refractivity contribution in [2.45, 2.75) is 32.3 Å². The molecule has 0 radical (unpaired) electrons. The largest absolute Gasteiger partial charge is 0.382 e. The van der Waals surface area contributed by atoms with Gasteiger partial charge in [0.15, 0.2) is 17.3 Å². The molecule has 0 spiro atoms. The van der Waals surface area contributed by atoms with Crippen LogP contribution < -0.4 is 11.5 Å². The standard InChI is InChI=1S/C9H15N5O3/c1-9(2)16-4-5(17-9)3-14-7(10)6(8(11)15)12-13-14/h5H,3-4,10H2,1-2H3,(H2,11,15). The van der Waals surface area contributed by atoms with Crippen LogP contribution in [0.2, 0.25) is 0 Å². The first-order valence-corrected chi connectivity index (χ1v) is 5.19. The molecule has 0 bridgehead atoms. The predicted octanol–water partition coefficient (Wildman–Crippen LogP) is -0.889. The van der Waals surface area contributed by atoms with Crippen LogP contribution >= 0.6 is 0 Å². The molecular weight excluding hydrogens is 226 g/mol. The van der Waals surface area contributed by atoms with E-state index >= 15 is 0 Å². The van der Waals surface area contributed by atoms with Crippen molar-refractivity contribution in [1.29, 1.82) is 0 Å². The molecule has 1 aliphatic rings. The van der Waals surface area contributed by atoms with Crippen LogP contribution in [0.15, 0.2) is 0 Å². The number of aromatic nitrogens is 3. The Hall–Kier alpha value is -1.67. The van der Waals surface area contributed by atoms with Crippen LogP contribution in [0.5, 0.6) is 0 Å². The average Bonchev–Trinajstić information content (AvgIpc) is 2.72. The molecule has 1 unspecified atom stereocenters. The molecule has 0 aliphatic carbocycles. The fourth-order valence-electron chi connectivity index (χ4n) is 1.68. The Morgan fingerprint density at radius 3 is 2.82 bits per heavy atom. The van der Waals surface area contributed by atoms with Gasteiger partial charge >= 0.3 is 0 Å². The fourth-order valence-corrected chi connectivity index (χ4v) is 1.68. The number of amides is 1. The van der Waals surface area contributed by atoms with Crippen LogP contribution in [-0.2, 0) is 16.0 Å². The second-order valence-electron chi connectivity index (χ2n) is 4.32. The highest BCUT2D eigenvalue weighted by molar-refractivity contribution is 5.94. The molecular formula is C9H15N5O3. The number of anilines is 1. The summed E-state index contributed by atoms with van der Waals surface area (Å²) in [6.07, 6.45) is -0.172. The molecule has 2 heterocycles. The van der Waals surface area contributed by atoms with E-state index in [1.165, 1.54) is 4.68 Å². The Morgan fingerprint density at radius 1 is 1.65 bits per heavy atom. The highest BCUT2D eigenvalue weighted by atomic mass is 16.7. The van der Waals surface area contributed by atoms with Crippen LogP contribution in [0.1, 0.15) is 24.3 Å². The normalized spacial score (nSPS) is 22.8. The Bertz CT molecular complexity index is 442. The van der Waals surface area contributed by atoms with Gasteiger partial charge in [0.1, 0.15) is 6.10 Å². The van der Waals surface area contributed by atoms with Crippen molar-refractivity contribution < 1.29 is 14.3 Å².